The molecular weight excluding hydrogens is 252 g/mol. The van der Waals surface area contributed by atoms with Crippen molar-refractivity contribution >= 4 is 0 Å². The van der Waals surface area contributed by atoms with Gasteiger partial charge < -0.3 is 21.3 Å². The summed E-state index contributed by atoms with van der Waals surface area (Å²) in [6, 6.07) is 7.09. The lowest BCUT2D eigenvalue weighted by Gasteiger charge is -2.22. The van der Waals surface area contributed by atoms with Gasteiger partial charge in [0.2, 0.25) is 0 Å². The molecule has 0 heterocycles. The highest BCUT2D eigenvalue weighted by Gasteiger charge is 2.17. The van der Waals surface area contributed by atoms with Crippen LogP contribution in [0.25, 0.3) is 0 Å². The van der Waals surface area contributed by atoms with Crippen molar-refractivity contribution in [3.05, 3.63) is 29.8 Å². The van der Waals surface area contributed by atoms with Crippen LogP contribution in [0.15, 0.2) is 24.3 Å². The summed E-state index contributed by atoms with van der Waals surface area (Å²) >= 11 is 0. The second-order valence-electron chi connectivity index (χ2n) is 5.73. The average Bonchev–Trinajstić information content (AvgIpc) is 2.52. The van der Waals surface area contributed by atoms with Crippen LogP contribution in [-0.4, -0.2) is 24.3 Å². The second kappa shape index (κ2) is 7.62. The summed E-state index contributed by atoms with van der Waals surface area (Å²) in [5.41, 5.74) is 12.0. The van der Waals surface area contributed by atoms with Crippen LogP contribution >= 0.6 is 0 Å². The summed E-state index contributed by atoms with van der Waals surface area (Å²) in [7, 11) is 0. The highest BCUT2D eigenvalue weighted by Crippen LogP contribution is 2.26. The van der Waals surface area contributed by atoms with Crippen molar-refractivity contribution in [1.29, 1.82) is 0 Å². The molecule has 112 valence electrons. The van der Waals surface area contributed by atoms with E-state index >= 15 is 0 Å². The predicted octanol–water partition coefficient (Wildman–Crippen LogP) is 1.97. The summed E-state index contributed by atoms with van der Waals surface area (Å²) in [4.78, 5) is 0. The molecule has 1 aliphatic carbocycles. The van der Waals surface area contributed by atoms with Gasteiger partial charge in [-0.25, -0.2) is 0 Å². The zero-order chi connectivity index (χ0) is 14.4. The van der Waals surface area contributed by atoms with Crippen molar-refractivity contribution in [2.24, 2.45) is 17.4 Å². The summed E-state index contributed by atoms with van der Waals surface area (Å²) in [5.74, 6) is 1.47. The number of benzene rings is 1. The molecular formula is C16H26N2O2. The van der Waals surface area contributed by atoms with Crippen LogP contribution in [0.5, 0.6) is 5.75 Å². The first-order chi connectivity index (χ1) is 9.70. The van der Waals surface area contributed by atoms with Gasteiger partial charge in [-0.2, -0.15) is 0 Å². The number of nitrogens with two attached hydrogens (primary N) is 2. The van der Waals surface area contributed by atoms with Crippen molar-refractivity contribution in [3.8, 4) is 5.75 Å². The molecule has 4 heteroatoms. The summed E-state index contributed by atoms with van der Waals surface area (Å²) in [6.45, 7) is 1.02. The van der Waals surface area contributed by atoms with Crippen LogP contribution < -0.4 is 16.2 Å². The number of ether oxygens (including phenoxy) is 1. The number of hydrogen-bond acceptors (Lipinski definition) is 4. The third-order valence-electron chi connectivity index (χ3n) is 4.09. The molecule has 1 aromatic rings. The Morgan fingerprint density at radius 2 is 2.00 bits per heavy atom. The molecule has 1 aliphatic rings. The summed E-state index contributed by atoms with van der Waals surface area (Å²) < 4.78 is 5.87. The topological polar surface area (TPSA) is 81.5 Å². The van der Waals surface area contributed by atoms with Crippen LogP contribution in [0.4, 0.5) is 0 Å². The minimum Gasteiger partial charge on any atom is -0.493 e. The van der Waals surface area contributed by atoms with E-state index in [1.165, 1.54) is 32.1 Å². The van der Waals surface area contributed by atoms with E-state index in [1.807, 2.05) is 24.3 Å². The normalized spacial score (nSPS) is 19.6. The molecule has 0 bridgehead atoms. The lowest BCUT2D eigenvalue weighted by Crippen LogP contribution is -2.35. The van der Waals surface area contributed by atoms with E-state index in [9.17, 15) is 5.11 Å². The van der Waals surface area contributed by atoms with Crippen molar-refractivity contribution in [2.75, 3.05) is 13.2 Å². The zero-order valence-corrected chi connectivity index (χ0v) is 12.0. The van der Waals surface area contributed by atoms with Gasteiger partial charge in [0, 0.05) is 12.6 Å². The van der Waals surface area contributed by atoms with Crippen LogP contribution in [-0.2, 0) is 0 Å². The van der Waals surface area contributed by atoms with Gasteiger partial charge in [0.25, 0.3) is 0 Å². The van der Waals surface area contributed by atoms with Gasteiger partial charge >= 0.3 is 0 Å². The third kappa shape index (κ3) is 4.20. The molecule has 5 N–H and O–H groups in total. The van der Waals surface area contributed by atoms with E-state index in [-0.39, 0.29) is 6.54 Å². The highest BCUT2D eigenvalue weighted by molar-refractivity contribution is 5.30. The summed E-state index contributed by atoms with van der Waals surface area (Å²) in [5, 5.41) is 10.1. The van der Waals surface area contributed by atoms with Crippen LogP contribution in [0, 0.1) is 5.92 Å². The van der Waals surface area contributed by atoms with Crippen LogP contribution in [0.2, 0.25) is 0 Å². The van der Waals surface area contributed by atoms with E-state index < -0.39 is 12.1 Å². The first-order valence-electron chi connectivity index (χ1n) is 7.57. The Morgan fingerprint density at radius 3 is 2.70 bits per heavy atom. The lowest BCUT2D eigenvalue weighted by atomic mass is 9.90. The molecule has 0 aliphatic heterocycles. The molecule has 4 nitrogen and oxygen atoms in total. The SMILES string of the molecule is NC[C@@H](N)[C@@H](O)c1cccc(OCC2CCCCC2)c1. The Balaban J connectivity index is 1.91. The fraction of sp³-hybridized carbons (Fsp3) is 0.625. The van der Waals surface area contributed by atoms with Gasteiger partial charge in [-0.3, -0.25) is 0 Å². The Kier molecular flexibility index (Phi) is 5.83. The molecule has 0 radical (unpaired) electrons. The molecule has 1 aromatic carbocycles. The maximum Gasteiger partial charge on any atom is 0.119 e. The molecule has 2 rings (SSSR count). The van der Waals surface area contributed by atoms with Crippen molar-refractivity contribution in [3.63, 3.8) is 0 Å². The van der Waals surface area contributed by atoms with Gasteiger partial charge in [-0.05, 0) is 36.5 Å². The van der Waals surface area contributed by atoms with E-state index in [4.69, 9.17) is 16.2 Å². The van der Waals surface area contributed by atoms with E-state index in [2.05, 4.69) is 0 Å². The van der Waals surface area contributed by atoms with Crippen LogP contribution in [0.1, 0.15) is 43.8 Å². The fourth-order valence-electron chi connectivity index (χ4n) is 2.73. The molecule has 0 aromatic heterocycles. The smallest absolute Gasteiger partial charge is 0.119 e. The number of rotatable bonds is 6. The number of aliphatic hydroxyl groups is 1. The minimum absolute atomic E-state index is 0.258. The summed E-state index contributed by atoms with van der Waals surface area (Å²) in [6.07, 6.45) is 5.78. The number of hydrogen-bond donors (Lipinski definition) is 3. The molecule has 0 unspecified atom stereocenters. The second-order valence-corrected chi connectivity index (χ2v) is 5.73. The van der Waals surface area contributed by atoms with Crippen LogP contribution in [0.3, 0.4) is 0 Å². The quantitative estimate of drug-likeness (QED) is 0.743. The minimum atomic E-state index is -0.738. The first-order valence-corrected chi connectivity index (χ1v) is 7.57. The Bertz CT molecular complexity index is 405. The van der Waals surface area contributed by atoms with E-state index in [0.29, 0.717) is 5.92 Å². The van der Waals surface area contributed by atoms with Gasteiger partial charge in [0.15, 0.2) is 0 Å². The molecule has 0 spiro atoms. The lowest BCUT2D eigenvalue weighted by molar-refractivity contribution is 0.148. The molecule has 1 saturated carbocycles. The molecule has 20 heavy (non-hydrogen) atoms. The molecule has 0 amide bonds. The van der Waals surface area contributed by atoms with Crippen molar-refractivity contribution < 1.29 is 9.84 Å². The van der Waals surface area contributed by atoms with Gasteiger partial charge in [0.05, 0.1) is 12.7 Å². The first kappa shape index (κ1) is 15.3. The predicted molar refractivity (Wildman–Crippen MR) is 80.5 cm³/mol. The Hall–Kier alpha value is -1.10. The van der Waals surface area contributed by atoms with Gasteiger partial charge in [-0.15, -0.1) is 0 Å². The maximum atomic E-state index is 10.1. The highest BCUT2D eigenvalue weighted by atomic mass is 16.5. The van der Waals surface area contributed by atoms with Crippen molar-refractivity contribution in [1.82, 2.24) is 0 Å². The van der Waals surface area contributed by atoms with Crippen molar-refractivity contribution in [2.45, 2.75) is 44.2 Å². The third-order valence-corrected chi connectivity index (χ3v) is 4.09. The number of aliphatic hydroxyl groups excluding tert-OH is 1. The van der Waals surface area contributed by atoms with Gasteiger partial charge in [0.1, 0.15) is 5.75 Å². The molecule has 1 fully saturated rings. The standard InChI is InChI=1S/C16H26N2O2/c17-10-15(18)16(19)13-7-4-8-14(9-13)20-11-12-5-2-1-3-6-12/h4,7-9,12,15-16,19H,1-3,5-6,10-11,17-18H2/t15-,16+/m1/s1. The monoisotopic (exact) mass is 278 g/mol. The Labute approximate surface area is 121 Å². The zero-order valence-electron chi connectivity index (χ0n) is 12.0. The molecule has 2 atom stereocenters. The van der Waals surface area contributed by atoms with Gasteiger partial charge in [-0.1, -0.05) is 31.4 Å². The van der Waals surface area contributed by atoms with E-state index in [1.54, 1.807) is 0 Å². The fourth-order valence-corrected chi connectivity index (χ4v) is 2.73. The molecule has 0 saturated heterocycles. The maximum absolute atomic E-state index is 10.1. The average molecular weight is 278 g/mol. The van der Waals surface area contributed by atoms with E-state index in [0.717, 1.165) is 17.9 Å². The largest absolute Gasteiger partial charge is 0.493 e. The Morgan fingerprint density at radius 1 is 1.25 bits per heavy atom.